The summed E-state index contributed by atoms with van der Waals surface area (Å²) >= 11 is 0. The van der Waals surface area contributed by atoms with Gasteiger partial charge >= 0.3 is 0 Å². The summed E-state index contributed by atoms with van der Waals surface area (Å²) in [7, 11) is 1.54. The number of ether oxygens (including phenoxy) is 1. The van der Waals surface area contributed by atoms with Crippen molar-refractivity contribution in [3.63, 3.8) is 0 Å². The van der Waals surface area contributed by atoms with Crippen LogP contribution < -0.4 is 11.1 Å². The maximum absolute atomic E-state index is 11.1. The maximum atomic E-state index is 11.1. The van der Waals surface area contributed by atoms with Crippen LogP contribution in [0.2, 0.25) is 0 Å². The summed E-state index contributed by atoms with van der Waals surface area (Å²) in [6, 6.07) is -0.688. The van der Waals surface area contributed by atoms with E-state index in [-0.39, 0.29) is 18.6 Å². The second-order valence-electron chi connectivity index (χ2n) is 2.96. The van der Waals surface area contributed by atoms with Crippen molar-refractivity contribution in [1.29, 1.82) is 0 Å². The Morgan fingerprint density at radius 2 is 2.31 bits per heavy atom. The highest BCUT2D eigenvalue weighted by molar-refractivity contribution is 5.81. The van der Waals surface area contributed by atoms with Gasteiger partial charge in [0, 0.05) is 13.7 Å². The Bertz CT molecular complexity index is 144. The maximum Gasteiger partial charge on any atom is 0.236 e. The van der Waals surface area contributed by atoms with Crippen molar-refractivity contribution in [1.82, 2.24) is 5.32 Å². The van der Waals surface area contributed by atoms with E-state index in [1.54, 1.807) is 14.0 Å². The number of aliphatic hydroxyl groups excluding tert-OH is 1. The number of methoxy groups -OCH3 is 1. The van der Waals surface area contributed by atoms with Crippen LogP contribution in [0.4, 0.5) is 0 Å². The van der Waals surface area contributed by atoms with Crippen molar-refractivity contribution in [2.75, 3.05) is 20.3 Å². The van der Waals surface area contributed by atoms with Crippen LogP contribution in [0.15, 0.2) is 0 Å². The molecule has 0 aliphatic heterocycles. The quantitative estimate of drug-likeness (QED) is 0.493. The molecule has 0 aromatic carbocycles. The van der Waals surface area contributed by atoms with Crippen LogP contribution >= 0.6 is 0 Å². The Balaban J connectivity index is 3.86. The second-order valence-corrected chi connectivity index (χ2v) is 2.96. The molecule has 0 aromatic heterocycles. The van der Waals surface area contributed by atoms with Crippen LogP contribution in [0, 0.1) is 0 Å². The third-order valence-corrected chi connectivity index (χ3v) is 1.61. The number of carbonyl (C=O) groups is 1. The summed E-state index contributed by atoms with van der Waals surface area (Å²) in [6.45, 7) is 2.02. The van der Waals surface area contributed by atoms with Gasteiger partial charge in [-0.3, -0.25) is 4.79 Å². The topological polar surface area (TPSA) is 84.6 Å². The standard InChI is InChI=1S/C8H18N2O3/c1-6(9)8(12)10-7(3-4-11)5-13-2/h6-7,11H,3-5,9H2,1-2H3,(H,10,12). The largest absolute Gasteiger partial charge is 0.396 e. The molecular formula is C8H18N2O3. The summed E-state index contributed by atoms with van der Waals surface area (Å²) in [4.78, 5) is 11.1. The highest BCUT2D eigenvalue weighted by Gasteiger charge is 2.13. The van der Waals surface area contributed by atoms with E-state index in [0.717, 1.165) is 0 Å². The van der Waals surface area contributed by atoms with Gasteiger partial charge in [-0.1, -0.05) is 0 Å². The van der Waals surface area contributed by atoms with Crippen LogP contribution in [0.3, 0.4) is 0 Å². The normalized spacial score (nSPS) is 15.1. The van der Waals surface area contributed by atoms with E-state index in [2.05, 4.69) is 5.32 Å². The van der Waals surface area contributed by atoms with Gasteiger partial charge in [0.05, 0.1) is 18.7 Å². The first-order valence-corrected chi connectivity index (χ1v) is 4.27. The molecule has 0 saturated heterocycles. The summed E-state index contributed by atoms with van der Waals surface area (Å²) in [5.74, 6) is -0.226. The van der Waals surface area contributed by atoms with Gasteiger partial charge in [0.25, 0.3) is 0 Å². The molecule has 0 aliphatic carbocycles. The SMILES string of the molecule is COCC(CCO)NC(=O)C(C)N. The van der Waals surface area contributed by atoms with E-state index in [0.29, 0.717) is 13.0 Å². The average molecular weight is 190 g/mol. The Labute approximate surface area is 78.3 Å². The minimum Gasteiger partial charge on any atom is -0.396 e. The molecule has 0 radical (unpaired) electrons. The zero-order valence-corrected chi connectivity index (χ0v) is 8.12. The Kier molecular flexibility index (Phi) is 6.48. The third kappa shape index (κ3) is 5.57. The molecule has 0 saturated carbocycles. The number of hydrogen-bond acceptors (Lipinski definition) is 4. The zero-order valence-electron chi connectivity index (χ0n) is 8.12. The van der Waals surface area contributed by atoms with Crippen molar-refractivity contribution >= 4 is 5.91 Å². The van der Waals surface area contributed by atoms with E-state index >= 15 is 0 Å². The minimum atomic E-state index is -0.530. The van der Waals surface area contributed by atoms with Gasteiger partial charge in [0.1, 0.15) is 0 Å². The molecule has 0 aliphatic rings. The molecule has 4 N–H and O–H groups in total. The first-order chi connectivity index (χ1) is 6.11. The molecule has 0 heterocycles. The second kappa shape index (κ2) is 6.82. The van der Waals surface area contributed by atoms with Gasteiger partial charge in [-0.05, 0) is 13.3 Å². The summed E-state index contributed by atoms with van der Waals surface area (Å²) in [6.07, 6.45) is 0.478. The monoisotopic (exact) mass is 190 g/mol. The van der Waals surface area contributed by atoms with Crippen molar-refractivity contribution in [3.05, 3.63) is 0 Å². The van der Waals surface area contributed by atoms with Crippen LogP contribution in [-0.2, 0) is 9.53 Å². The number of rotatable bonds is 6. The summed E-state index contributed by atoms with van der Waals surface area (Å²) in [5.41, 5.74) is 5.36. The van der Waals surface area contributed by atoms with E-state index in [4.69, 9.17) is 15.6 Å². The van der Waals surface area contributed by atoms with Crippen molar-refractivity contribution in [2.45, 2.75) is 25.4 Å². The Hall–Kier alpha value is -0.650. The molecule has 0 spiro atoms. The predicted molar refractivity (Wildman–Crippen MR) is 49.2 cm³/mol. The van der Waals surface area contributed by atoms with E-state index in [1.165, 1.54) is 0 Å². The first kappa shape index (κ1) is 12.3. The van der Waals surface area contributed by atoms with Crippen LogP contribution in [0.25, 0.3) is 0 Å². The number of aliphatic hydroxyl groups is 1. The van der Waals surface area contributed by atoms with Gasteiger partial charge in [0.15, 0.2) is 0 Å². The fourth-order valence-corrected chi connectivity index (χ4v) is 0.887. The predicted octanol–water partition coefficient (Wildman–Crippen LogP) is -1.15. The van der Waals surface area contributed by atoms with Gasteiger partial charge in [0.2, 0.25) is 5.91 Å². The van der Waals surface area contributed by atoms with Gasteiger partial charge in [-0.25, -0.2) is 0 Å². The fraction of sp³-hybridized carbons (Fsp3) is 0.875. The molecule has 0 aromatic rings. The van der Waals surface area contributed by atoms with Crippen molar-refractivity contribution < 1.29 is 14.6 Å². The first-order valence-electron chi connectivity index (χ1n) is 4.27. The van der Waals surface area contributed by atoms with E-state index in [9.17, 15) is 4.79 Å². The average Bonchev–Trinajstić information content (AvgIpc) is 2.05. The molecular weight excluding hydrogens is 172 g/mol. The molecule has 2 atom stereocenters. The van der Waals surface area contributed by atoms with Gasteiger partial charge in [-0.2, -0.15) is 0 Å². The lowest BCUT2D eigenvalue weighted by atomic mass is 10.2. The lowest BCUT2D eigenvalue weighted by molar-refractivity contribution is -0.123. The molecule has 5 nitrogen and oxygen atoms in total. The number of amides is 1. The number of hydrogen-bond donors (Lipinski definition) is 3. The highest BCUT2D eigenvalue weighted by atomic mass is 16.5. The van der Waals surface area contributed by atoms with Crippen molar-refractivity contribution in [2.24, 2.45) is 5.73 Å². The molecule has 1 amide bonds. The molecule has 5 heteroatoms. The number of nitrogens with one attached hydrogen (secondary N) is 1. The smallest absolute Gasteiger partial charge is 0.236 e. The highest BCUT2D eigenvalue weighted by Crippen LogP contribution is 1.92. The number of carbonyl (C=O) groups excluding carboxylic acids is 1. The van der Waals surface area contributed by atoms with E-state index in [1.807, 2.05) is 0 Å². The summed E-state index contributed by atoms with van der Waals surface area (Å²) < 4.78 is 4.87. The molecule has 2 unspecified atom stereocenters. The van der Waals surface area contributed by atoms with E-state index < -0.39 is 6.04 Å². The lowest BCUT2D eigenvalue weighted by Gasteiger charge is -2.17. The van der Waals surface area contributed by atoms with Crippen LogP contribution in [0.1, 0.15) is 13.3 Å². The fourth-order valence-electron chi connectivity index (χ4n) is 0.887. The van der Waals surface area contributed by atoms with Crippen LogP contribution in [-0.4, -0.2) is 43.4 Å². The van der Waals surface area contributed by atoms with Crippen molar-refractivity contribution in [3.8, 4) is 0 Å². The summed E-state index contributed by atoms with van der Waals surface area (Å²) in [5, 5.41) is 11.3. The molecule has 13 heavy (non-hydrogen) atoms. The van der Waals surface area contributed by atoms with Gasteiger partial charge in [-0.15, -0.1) is 0 Å². The minimum absolute atomic E-state index is 0.0211. The Morgan fingerprint density at radius 3 is 2.69 bits per heavy atom. The Morgan fingerprint density at radius 1 is 1.69 bits per heavy atom. The third-order valence-electron chi connectivity index (χ3n) is 1.61. The molecule has 78 valence electrons. The molecule has 0 fully saturated rings. The van der Waals surface area contributed by atoms with Gasteiger partial charge < -0.3 is 20.9 Å². The van der Waals surface area contributed by atoms with Crippen LogP contribution in [0.5, 0.6) is 0 Å². The number of nitrogens with two attached hydrogens (primary N) is 1. The molecule has 0 bridgehead atoms. The zero-order chi connectivity index (χ0) is 10.3. The molecule has 0 rings (SSSR count). The lowest BCUT2D eigenvalue weighted by Crippen LogP contribution is -2.46.